The fourth-order valence-electron chi connectivity index (χ4n) is 1.88. The van der Waals surface area contributed by atoms with Gasteiger partial charge in [0, 0.05) is 0 Å². The number of carboxylic acid groups (broad SMARTS) is 1. The van der Waals surface area contributed by atoms with Crippen LogP contribution in [0.2, 0.25) is 0 Å². The Morgan fingerprint density at radius 2 is 1.65 bits per heavy atom. The Bertz CT molecular complexity index is 512. The summed E-state index contributed by atoms with van der Waals surface area (Å²) in [5, 5.41) is 34.2. The van der Waals surface area contributed by atoms with Crippen molar-refractivity contribution in [2.75, 3.05) is 13.2 Å². The van der Waals surface area contributed by atoms with Crippen LogP contribution >= 0.6 is 0 Å². The summed E-state index contributed by atoms with van der Waals surface area (Å²) in [6, 6.07) is -3.75. The predicted molar refractivity (Wildman–Crippen MR) is 90.7 cm³/mol. The van der Waals surface area contributed by atoms with Crippen molar-refractivity contribution in [3.63, 3.8) is 0 Å². The topological polar surface area (TPSA) is 191 Å². The van der Waals surface area contributed by atoms with Gasteiger partial charge in [-0.05, 0) is 12.8 Å². The molecule has 5 atom stereocenters. The summed E-state index contributed by atoms with van der Waals surface area (Å²) < 4.78 is 0. The molecule has 0 aliphatic heterocycles. The van der Waals surface area contributed by atoms with Crippen LogP contribution in [0.5, 0.6) is 0 Å². The van der Waals surface area contributed by atoms with Gasteiger partial charge in [-0.15, -0.1) is 0 Å². The molecule has 8 N–H and O–H groups in total. The Morgan fingerprint density at radius 3 is 2.08 bits per heavy atom. The predicted octanol–water partition coefficient (Wildman–Crippen LogP) is -3.10. The van der Waals surface area contributed by atoms with E-state index in [1.807, 2.05) is 0 Å². The molecule has 26 heavy (non-hydrogen) atoms. The number of carbonyl (C=O) groups excluding carboxylic acids is 3. The molecule has 0 spiro atoms. The highest BCUT2D eigenvalue weighted by Gasteiger charge is 2.27. The quantitative estimate of drug-likeness (QED) is 0.197. The molecule has 150 valence electrons. The van der Waals surface area contributed by atoms with Crippen LogP contribution in [-0.4, -0.2) is 76.4 Å². The lowest BCUT2D eigenvalue weighted by atomic mass is 9.99. The molecule has 0 aliphatic carbocycles. The van der Waals surface area contributed by atoms with Crippen LogP contribution < -0.4 is 21.7 Å². The average molecular weight is 376 g/mol. The Labute approximate surface area is 151 Å². The zero-order chi connectivity index (χ0) is 20.4. The Morgan fingerprint density at radius 1 is 1.08 bits per heavy atom. The van der Waals surface area contributed by atoms with Gasteiger partial charge in [-0.2, -0.15) is 0 Å². The van der Waals surface area contributed by atoms with Crippen molar-refractivity contribution in [2.45, 2.75) is 51.4 Å². The molecule has 0 fully saturated rings. The third-order valence-corrected chi connectivity index (χ3v) is 3.86. The summed E-state index contributed by atoms with van der Waals surface area (Å²) in [4.78, 5) is 46.6. The first kappa shape index (κ1) is 23.8. The highest BCUT2D eigenvalue weighted by atomic mass is 16.4. The molecule has 5 unspecified atom stereocenters. The lowest BCUT2D eigenvalue weighted by Crippen LogP contribution is -2.56. The fraction of sp³-hybridized carbons (Fsp3) is 0.733. The van der Waals surface area contributed by atoms with Crippen molar-refractivity contribution in [3.05, 3.63) is 0 Å². The van der Waals surface area contributed by atoms with Crippen molar-refractivity contribution in [1.29, 1.82) is 0 Å². The highest BCUT2D eigenvalue weighted by molar-refractivity contribution is 5.92. The molecule has 0 saturated heterocycles. The normalized spacial score (nSPS) is 16.5. The van der Waals surface area contributed by atoms with E-state index in [1.165, 1.54) is 6.92 Å². The summed E-state index contributed by atoms with van der Waals surface area (Å²) in [5.41, 5.74) is 5.41. The van der Waals surface area contributed by atoms with Crippen LogP contribution in [0, 0.1) is 5.92 Å². The number of nitrogens with two attached hydrogens (primary N) is 1. The molecule has 0 aromatic rings. The number of carbonyl (C=O) groups is 4. The molecular formula is C15H28N4O7. The van der Waals surface area contributed by atoms with E-state index in [9.17, 15) is 29.4 Å². The van der Waals surface area contributed by atoms with Crippen LogP contribution in [0.3, 0.4) is 0 Å². The maximum Gasteiger partial charge on any atom is 0.326 e. The first-order chi connectivity index (χ1) is 12.0. The van der Waals surface area contributed by atoms with E-state index in [2.05, 4.69) is 16.0 Å². The van der Waals surface area contributed by atoms with Gasteiger partial charge in [0.25, 0.3) is 0 Å². The number of aliphatic hydroxyl groups is 2. The molecule has 0 saturated carbocycles. The number of nitrogens with one attached hydrogen (secondary N) is 3. The highest BCUT2D eigenvalue weighted by Crippen LogP contribution is 2.07. The molecule has 11 nitrogen and oxygen atoms in total. The first-order valence-electron chi connectivity index (χ1n) is 8.19. The van der Waals surface area contributed by atoms with Crippen molar-refractivity contribution >= 4 is 23.7 Å². The first-order valence-corrected chi connectivity index (χ1v) is 8.19. The van der Waals surface area contributed by atoms with Crippen molar-refractivity contribution in [2.24, 2.45) is 11.7 Å². The minimum absolute atomic E-state index is 0.307. The lowest BCUT2D eigenvalue weighted by molar-refractivity contribution is -0.143. The Hall–Kier alpha value is -2.24. The number of aliphatic hydroxyl groups excluding tert-OH is 2. The Kier molecular flexibility index (Phi) is 10.4. The number of rotatable bonds is 11. The number of amides is 3. The zero-order valence-electron chi connectivity index (χ0n) is 15.1. The van der Waals surface area contributed by atoms with Gasteiger partial charge in [0.1, 0.15) is 18.1 Å². The van der Waals surface area contributed by atoms with Gasteiger partial charge < -0.3 is 37.0 Å². The summed E-state index contributed by atoms with van der Waals surface area (Å²) in [5.74, 6) is -3.93. The van der Waals surface area contributed by atoms with Crippen molar-refractivity contribution < 1.29 is 34.5 Å². The van der Waals surface area contributed by atoms with E-state index >= 15 is 0 Å². The van der Waals surface area contributed by atoms with Gasteiger partial charge in [-0.25, -0.2) is 4.79 Å². The molecular weight excluding hydrogens is 348 g/mol. The minimum Gasteiger partial charge on any atom is -0.480 e. The van der Waals surface area contributed by atoms with Crippen LogP contribution in [-0.2, 0) is 19.2 Å². The maximum absolute atomic E-state index is 11.9. The SMILES string of the molecule is CCC(C)C(NC(=O)CNC(=O)C(CO)NC(=O)C(N)C(C)O)C(=O)O. The second-order valence-electron chi connectivity index (χ2n) is 6.00. The van der Waals surface area contributed by atoms with Crippen LogP contribution in [0.1, 0.15) is 27.2 Å². The molecule has 3 amide bonds. The fourth-order valence-corrected chi connectivity index (χ4v) is 1.88. The smallest absolute Gasteiger partial charge is 0.326 e. The number of hydrogen-bond acceptors (Lipinski definition) is 7. The third kappa shape index (κ3) is 7.76. The van der Waals surface area contributed by atoms with E-state index in [0.717, 1.165) is 0 Å². The monoisotopic (exact) mass is 376 g/mol. The summed E-state index contributed by atoms with van der Waals surface area (Å²) in [6.45, 7) is 3.45. The van der Waals surface area contributed by atoms with Crippen molar-refractivity contribution in [3.8, 4) is 0 Å². The largest absolute Gasteiger partial charge is 0.480 e. The minimum atomic E-state index is -1.37. The van der Waals surface area contributed by atoms with E-state index in [-0.39, 0.29) is 5.92 Å². The van der Waals surface area contributed by atoms with Crippen molar-refractivity contribution in [1.82, 2.24) is 16.0 Å². The second-order valence-corrected chi connectivity index (χ2v) is 6.00. The average Bonchev–Trinajstić information content (AvgIpc) is 2.59. The molecule has 0 bridgehead atoms. The lowest BCUT2D eigenvalue weighted by Gasteiger charge is -2.21. The zero-order valence-corrected chi connectivity index (χ0v) is 15.1. The molecule has 0 aromatic heterocycles. The standard InChI is InChI=1S/C15H28N4O7/c1-4-7(2)12(15(25)26)19-10(22)5-17-13(23)9(6-20)18-14(24)11(16)8(3)21/h7-9,11-12,20-21H,4-6,16H2,1-3H3,(H,17,23)(H,18,24)(H,19,22)(H,25,26). The maximum atomic E-state index is 11.9. The third-order valence-electron chi connectivity index (χ3n) is 3.86. The number of carboxylic acids is 1. The summed E-state index contributed by atoms with van der Waals surface area (Å²) in [7, 11) is 0. The van der Waals surface area contributed by atoms with Gasteiger partial charge in [-0.1, -0.05) is 20.3 Å². The summed E-state index contributed by atoms with van der Waals surface area (Å²) >= 11 is 0. The van der Waals surface area contributed by atoms with Gasteiger partial charge in [-0.3, -0.25) is 14.4 Å². The van der Waals surface area contributed by atoms with Gasteiger partial charge in [0.05, 0.1) is 19.3 Å². The number of aliphatic carboxylic acids is 1. The van der Waals surface area contributed by atoms with Crippen LogP contribution in [0.4, 0.5) is 0 Å². The molecule has 0 heterocycles. The van der Waals surface area contributed by atoms with Crippen LogP contribution in [0.25, 0.3) is 0 Å². The number of hydrogen-bond donors (Lipinski definition) is 7. The van der Waals surface area contributed by atoms with Crippen LogP contribution in [0.15, 0.2) is 0 Å². The van der Waals surface area contributed by atoms with Gasteiger partial charge >= 0.3 is 5.97 Å². The molecule has 11 heteroatoms. The van der Waals surface area contributed by atoms with E-state index in [4.69, 9.17) is 10.8 Å². The van der Waals surface area contributed by atoms with E-state index < -0.39 is 61.1 Å². The molecule has 0 rings (SSSR count). The molecule has 0 radical (unpaired) electrons. The second kappa shape index (κ2) is 11.4. The van der Waals surface area contributed by atoms with Gasteiger partial charge in [0.15, 0.2) is 0 Å². The Balaban J connectivity index is 4.62. The molecule has 0 aliphatic rings. The summed E-state index contributed by atoms with van der Waals surface area (Å²) in [6.07, 6.45) is -0.622. The molecule has 0 aromatic carbocycles. The van der Waals surface area contributed by atoms with E-state index in [0.29, 0.717) is 6.42 Å². The van der Waals surface area contributed by atoms with E-state index in [1.54, 1.807) is 13.8 Å². The van der Waals surface area contributed by atoms with Gasteiger partial charge in [0.2, 0.25) is 17.7 Å².